The number of rotatable bonds is 8. The second-order valence-corrected chi connectivity index (χ2v) is 13.0. The number of amides is 3. The molecule has 264 valence electrons. The molecule has 0 aromatic heterocycles. The van der Waals surface area contributed by atoms with Gasteiger partial charge in [-0.25, -0.2) is 9.18 Å². The Labute approximate surface area is 287 Å². The third-order valence-corrected chi connectivity index (χ3v) is 8.79. The van der Waals surface area contributed by atoms with Gasteiger partial charge in [-0.2, -0.15) is 0 Å². The Hall–Kier alpha value is -4.39. The smallest absolute Gasteiger partial charge is 0.323 e. The predicted molar refractivity (Wildman–Crippen MR) is 185 cm³/mol. The maximum absolute atomic E-state index is 14.4. The van der Waals surface area contributed by atoms with E-state index in [0.29, 0.717) is 43.4 Å². The zero-order valence-corrected chi connectivity index (χ0v) is 28.6. The van der Waals surface area contributed by atoms with E-state index in [2.05, 4.69) is 22.5 Å². The third-order valence-electron chi connectivity index (χ3n) is 8.79. The molecule has 0 bridgehead atoms. The lowest BCUT2D eigenvalue weighted by Gasteiger charge is -2.36. The summed E-state index contributed by atoms with van der Waals surface area (Å²) < 4.78 is 37.1. The van der Waals surface area contributed by atoms with E-state index in [1.807, 2.05) is 32.2 Å². The largest absolute Gasteiger partial charge is 0.490 e. The van der Waals surface area contributed by atoms with Crippen molar-refractivity contribution in [3.8, 4) is 17.2 Å². The first-order valence-electron chi connectivity index (χ1n) is 16.8. The van der Waals surface area contributed by atoms with Crippen LogP contribution >= 0.6 is 0 Å². The molecule has 0 saturated carbocycles. The number of aliphatic hydroxyl groups excluding tert-OH is 1. The minimum absolute atomic E-state index is 0.0915. The van der Waals surface area contributed by atoms with Crippen LogP contribution in [0.25, 0.3) is 0 Å². The van der Waals surface area contributed by atoms with Crippen molar-refractivity contribution < 1.29 is 38.0 Å². The SMILES string of the molecule is C[C@@H]1CCCCO[C@@H](CN(C)Cc2ccc3c(c2)OCO3)[C@H](C)CN([C@H](C)CO)C(=O)c2cc(NC(=O)Nc3ccc(F)cc3)ccc2O1. The van der Waals surface area contributed by atoms with Crippen LogP contribution in [0.5, 0.6) is 17.2 Å². The number of likely N-dealkylation sites (N-methyl/N-ethyl adjacent to an activating group) is 1. The van der Waals surface area contributed by atoms with Crippen LogP contribution < -0.4 is 24.8 Å². The molecule has 2 heterocycles. The van der Waals surface area contributed by atoms with Crippen molar-refractivity contribution in [2.24, 2.45) is 5.92 Å². The minimum Gasteiger partial charge on any atom is -0.490 e. The van der Waals surface area contributed by atoms with Crippen molar-refractivity contribution >= 4 is 23.3 Å². The highest BCUT2D eigenvalue weighted by Gasteiger charge is 2.30. The molecule has 0 saturated heterocycles. The average Bonchev–Trinajstić information content (AvgIpc) is 3.55. The summed E-state index contributed by atoms with van der Waals surface area (Å²) in [4.78, 5) is 31.0. The molecule has 0 radical (unpaired) electrons. The molecule has 2 aliphatic heterocycles. The molecule has 12 heteroatoms. The molecule has 3 aromatic rings. The summed E-state index contributed by atoms with van der Waals surface area (Å²) in [6.07, 6.45) is 2.13. The van der Waals surface area contributed by atoms with Crippen LogP contribution in [0.15, 0.2) is 60.7 Å². The minimum atomic E-state index is -0.548. The number of halogens is 1. The Bertz CT molecular complexity index is 1570. The van der Waals surface area contributed by atoms with Crippen LogP contribution in [0.4, 0.5) is 20.6 Å². The predicted octanol–water partition coefficient (Wildman–Crippen LogP) is 6.13. The highest BCUT2D eigenvalue weighted by molar-refractivity contribution is 6.02. The molecule has 5 rings (SSSR count). The van der Waals surface area contributed by atoms with E-state index in [-0.39, 0.29) is 43.0 Å². The number of fused-ring (bicyclic) bond motifs is 2. The Morgan fingerprint density at radius 3 is 2.49 bits per heavy atom. The molecular weight excluding hydrogens is 631 g/mol. The van der Waals surface area contributed by atoms with Gasteiger partial charge >= 0.3 is 6.03 Å². The van der Waals surface area contributed by atoms with Gasteiger partial charge < -0.3 is 39.6 Å². The van der Waals surface area contributed by atoms with E-state index >= 15 is 0 Å². The van der Waals surface area contributed by atoms with Gasteiger partial charge in [0.1, 0.15) is 11.6 Å². The van der Waals surface area contributed by atoms with Gasteiger partial charge in [0.15, 0.2) is 11.5 Å². The fraction of sp³-hybridized carbons (Fsp3) is 0.459. The zero-order valence-electron chi connectivity index (χ0n) is 28.6. The molecule has 3 N–H and O–H groups in total. The van der Waals surface area contributed by atoms with E-state index in [9.17, 15) is 19.1 Å². The summed E-state index contributed by atoms with van der Waals surface area (Å²) in [6, 6.07) is 15.3. The topological polar surface area (TPSA) is 122 Å². The van der Waals surface area contributed by atoms with Crippen LogP contribution in [0.2, 0.25) is 0 Å². The first-order chi connectivity index (χ1) is 23.6. The molecule has 0 spiro atoms. The van der Waals surface area contributed by atoms with Crippen molar-refractivity contribution in [3.05, 3.63) is 77.6 Å². The number of hydrogen-bond donors (Lipinski definition) is 3. The number of nitrogens with zero attached hydrogens (tertiary/aromatic N) is 2. The first-order valence-corrected chi connectivity index (χ1v) is 16.8. The van der Waals surface area contributed by atoms with E-state index in [4.69, 9.17) is 18.9 Å². The third kappa shape index (κ3) is 9.84. The summed E-state index contributed by atoms with van der Waals surface area (Å²) in [6.45, 7) is 8.01. The highest BCUT2D eigenvalue weighted by atomic mass is 19.1. The number of hydrogen-bond acceptors (Lipinski definition) is 8. The second kappa shape index (κ2) is 16.8. The fourth-order valence-electron chi connectivity index (χ4n) is 6.01. The van der Waals surface area contributed by atoms with E-state index in [1.54, 1.807) is 30.0 Å². The number of anilines is 2. The van der Waals surface area contributed by atoms with Crippen molar-refractivity contribution in [1.29, 1.82) is 0 Å². The van der Waals surface area contributed by atoms with Gasteiger partial charge in [-0.1, -0.05) is 13.0 Å². The van der Waals surface area contributed by atoms with Crippen LogP contribution in [-0.4, -0.2) is 85.2 Å². The highest BCUT2D eigenvalue weighted by Crippen LogP contribution is 2.33. The van der Waals surface area contributed by atoms with Crippen molar-refractivity contribution in [3.63, 3.8) is 0 Å². The van der Waals surface area contributed by atoms with Gasteiger partial charge in [-0.15, -0.1) is 0 Å². The maximum Gasteiger partial charge on any atom is 0.323 e. The Kier molecular flexibility index (Phi) is 12.3. The molecule has 0 unspecified atom stereocenters. The molecule has 3 aromatic carbocycles. The molecule has 4 atom stereocenters. The van der Waals surface area contributed by atoms with Crippen molar-refractivity contribution in [2.45, 2.75) is 64.8 Å². The molecule has 0 fully saturated rings. The van der Waals surface area contributed by atoms with Crippen molar-refractivity contribution in [2.75, 3.05) is 50.8 Å². The first kappa shape index (κ1) is 35.9. The maximum atomic E-state index is 14.4. The number of benzene rings is 3. The molecule has 2 aliphatic rings. The molecule has 11 nitrogen and oxygen atoms in total. The number of aliphatic hydroxyl groups is 1. The number of carbonyl (C=O) groups is 2. The van der Waals surface area contributed by atoms with Gasteiger partial charge in [0.25, 0.3) is 5.91 Å². The standard InChI is InChI=1S/C37H47FN4O7/c1-24-19-42(25(2)22-43)36(44)31-18-30(40-37(45)39-29-11-9-28(38)10-12-29)13-15-32(31)49-26(3)7-5-6-16-46-35(24)21-41(4)20-27-8-14-33-34(17-27)48-23-47-33/h8-15,17-18,24-26,35,43H,5-7,16,19-23H2,1-4H3,(H2,39,40,45)/t24-,25-,26-,35+/m1/s1. The summed E-state index contributed by atoms with van der Waals surface area (Å²) in [5.41, 5.74) is 2.15. The average molecular weight is 679 g/mol. The number of carbonyl (C=O) groups excluding carboxylic acids is 2. The zero-order chi connectivity index (χ0) is 34.9. The lowest BCUT2D eigenvalue weighted by Crippen LogP contribution is -2.47. The van der Waals surface area contributed by atoms with Crippen LogP contribution in [0, 0.1) is 11.7 Å². The molecule has 3 amide bonds. The van der Waals surface area contributed by atoms with E-state index in [1.165, 1.54) is 24.3 Å². The summed E-state index contributed by atoms with van der Waals surface area (Å²) in [5, 5.41) is 15.7. The van der Waals surface area contributed by atoms with Gasteiger partial charge in [-0.3, -0.25) is 9.69 Å². The quantitative estimate of drug-likeness (QED) is 0.261. The van der Waals surface area contributed by atoms with Gasteiger partial charge in [0.05, 0.1) is 30.4 Å². The number of nitrogens with one attached hydrogen (secondary N) is 2. The summed E-state index contributed by atoms with van der Waals surface area (Å²) >= 11 is 0. The Morgan fingerprint density at radius 2 is 1.71 bits per heavy atom. The summed E-state index contributed by atoms with van der Waals surface area (Å²) in [7, 11) is 2.04. The lowest BCUT2D eigenvalue weighted by atomic mass is 10.0. The monoisotopic (exact) mass is 678 g/mol. The van der Waals surface area contributed by atoms with Crippen LogP contribution in [-0.2, 0) is 11.3 Å². The van der Waals surface area contributed by atoms with Crippen molar-refractivity contribution in [1.82, 2.24) is 9.80 Å². The molecule has 49 heavy (non-hydrogen) atoms. The number of urea groups is 1. The molecule has 0 aliphatic carbocycles. The Balaban J connectivity index is 1.36. The van der Waals surface area contributed by atoms with E-state index in [0.717, 1.165) is 36.3 Å². The summed E-state index contributed by atoms with van der Waals surface area (Å²) in [5.74, 6) is 1.06. The van der Waals surface area contributed by atoms with Gasteiger partial charge in [-0.05, 0) is 100 Å². The fourth-order valence-corrected chi connectivity index (χ4v) is 6.01. The normalized spacial score (nSPS) is 20.6. The Morgan fingerprint density at radius 1 is 1.00 bits per heavy atom. The van der Waals surface area contributed by atoms with Crippen LogP contribution in [0.1, 0.15) is 56.0 Å². The van der Waals surface area contributed by atoms with Crippen LogP contribution in [0.3, 0.4) is 0 Å². The van der Waals surface area contributed by atoms with E-state index < -0.39 is 17.9 Å². The molecular formula is C37H47FN4O7. The number of ether oxygens (including phenoxy) is 4. The lowest BCUT2D eigenvalue weighted by molar-refractivity contribution is -0.0177. The van der Waals surface area contributed by atoms with Gasteiger partial charge in [0, 0.05) is 43.5 Å². The second-order valence-electron chi connectivity index (χ2n) is 13.0. The van der Waals surface area contributed by atoms with Gasteiger partial charge in [0.2, 0.25) is 6.79 Å².